The normalized spacial score (nSPS) is 16.3. The van der Waals surface area contributed by atoms with E-state index in [1.165, 1.54) is 17.7 Å². The Bertz CT molecular complexity index is 1020. The molecular weight excluding hydrogens is 391 g/mol. The minimum Gasteiger partial charge on any atom is -0.497 e. The van der Waals surface area contributed by atoms with Crippen molar-refractivity contribution in [3.8, 4) is 16.9 Å². The Morgan fingerprint density at radius 1 is 1.03 bits per heavy atom. The summed E-state index contributed by atoms with van der Waals surface area (Å²) >= 11 is 0. The van der Waals surface area contributed by atoms with Crippen LogP contribution in [0.5, 0.6) is 5.75 Å². The number of nitrogens with zero attached hydrogens (tertiary/aromatic N) is 1. The molecule has 4 rings (SSSR count). The van der Waals surface area contributed by atoms with Crippen molar-refractivity contribution in [2.24, 2.45) is 0 Å². The molecule has 160 valence electrons. The van der Waals surface area contributed by atoms with Gasteiger partial charge in [-0.05, 0) is 65.9 Å². The van der Waals surface area contributed by atoms with E-state index in [2.05, 4.69) is 40.5 Å². The monoisotopic (exact) mass is 418 g/mol. The van der Waals surface area contributed by atoms with Crippen molar-refractivity contribution in [3.63, 3.8) is 0 Å². The Hall–Kier alpha value is -3.18. The molecule has 1 N–H and O–H groups in total. The van der Waals surface area contributed by atoms with Crippen LogP contribution < -0.4 is 10.1 Å². The maximum atomic E-state index is 13.0. The minimum atomic E-state index is -0.269. The van der Waals surface area contributed by atoms with E-state index in [1.54, 1.807) is 19.2 Å². The van der Waals surface area contributed by atoms with Gasteiger partial charge in [0.05, 0.1) is 13.2 Å². The van der Waals surface area contributed by atoms with Gasteiger partial charge >= 0.3 is 0 Å². The third-order valence-electron chi connectivity index (χ3n) is 5.79. The second-order valence-electron chi connectivity index (χ2n) is 7.90. The van der Waals surface area contributed by atoms with Crippen LogP contribution in [-0.4, -0.2) is 30.5 Å². The molecule has 0 aromatic heterocycles. The van der Waals surface area contributed by atoms with Crippen LogP contribution in [0.3, 0.4) is 0 Å². The lowest BCUT2D eigenvalue weighted by molar-refractivity contribution is -0.125. The van der Waals surface area contributed by atoms with Crippen LogP contribution in [0.2, 0.25) is 0 Å². The lowest BCUT2D eigenvalue weighted by atomic mass is 10.0. The Morgan fingerprint density at radius 2 is 1.77 bits per heavy atom. The topological polar surface area (TPSA) is 41.6 Å². The zero-order chi connectivity index (χ0) is 21.6. The predicted octanol–water partition coefficient (Wildman–Crippen LogP) is 4.78. The van der Waals surface area contributed by atoms with Crippen molar-refractivity contribution in [1.82, 2.24) is 10.2 Å². The van der Waals surface area contributed by atoms with E-state index in [1.807, 2.05) is 18.2 Å². The minimum absolute atomic E-state index is 0.0369. The number of amides is 1. The number of carbonyl (C=O) groups is 1. The molecule has 1 amide bonds. The molecule has 0 aliphatic carbocycles. The first-order valence-corrected chi connectivity index (χ1v) is 10.6. The van der Waals surface area contributed by atoms with E-state index in [-0.39, 0.29) is 17.8 Å². The largest absolute Gasteiger partial charge is 0.497 e. The van der Waals surface area contributed by atoms with Gasteiger partial charge in [0.25, 0.3) is 0 Å². The maximum absolute atomic E-state index is 13.0. The molecule has 1 aliphatic heterocycles. The van der Waals surface area contributed by atoms with Gasteiger partial charge in [-0.25, -0.2) is 4.39 Å². The zero-order valence-electron chi connectivity index (χ0n) is 17.7. The highest BCUT2D eigenvalue weighted by atomic mass is 19.1. The first-order valence-electron chi connectivity index (χ1n) is 10.6. The van der Waals surface area contributed by atoms with Crippen LogP contribution in [-0.2, 0) is 17.9 Å². The van der Waals surface area contributed by atoms with Crippen molar-refractivity contribution < 1.29 is 13.9 Å². The molecule has 3 aromatic carbocycles. The predicted molar refractivity (Wildman–Crippen MR) is 120 cm³/mol. The van der Waals surface area contributed by atoms with Gasteiger partial charge in [-0.1, -0.05) is 48.5 Å². The fraction of sp³-hybridized carbons (Fsp3) is 0.269. The molecule has 0 bridgehead atoms. The molecule has 4 nitrogen and oxygen atoms in total. The average molecular weight is 419 g/mol. The van der Waals surface area contributed by atoms with E-state index >= 15 is 0 Å². The summed E-state index contributed by atoms with van der Waals surface area (Å²) < 4.78 is 18.4. The van der Waals surface area contributed by atoms with Crippen molar-refractivity contribution in [1.29, 1.82) is 0 Å². The van der Waals surface area contributed by atoms with Gasteiger partial charge in [0, 0.05) is 13.1 Å². The molecule has 0 radical (unpaired) electrons. The molecule has 1 atom stereocenters. The van der Waals surface area contributed by atoms with E-state index in [0.717, 1.165) is 48.4 Å². The summed E-state index contributed by atoms with van der Waals surface area (Å²) in [5, 5.41) is 3.00. The highest BCUT2D eigenvalue weighted by Crippen LogP contribution is 2.25. The number of carbonyl (C=O) groups excluding carboxylic acids is 1. The van der Waals surface area contributed by atoms with Gasteiger partial charge in [0.1, 0.15) is 11.6 Å². The Morgan fingerprint density at radius 3 is 2.52 bits per heavy atom. The van der Waals surface area contributed by atoms with Crippen molar-refractivity contribution in [2.45, 2.75) is 32.0 Å². The van der Waals surface area contributed by atoms with Gasteiger partial charge in [-0.2, -0.15) is 0 Å². The molecule has 1 unspecified atom stereocenters. The lowest BCUT2D eigenvalue weighted by Gasteiger charge is -2.24. The number of ether oxygens (including phenoxy) is 1. The van der Waals surface area contributed by atoms with Crippen LogP contribution in [0.25, 0.3) is 11.1 Å². The number of rotatable bonds is 7. The van der Waals surface area contributed by atoms with E-state index in [9.17, 15) is 9.18 Å². The number of nitrogens with one attached hydrogen (secondary N) is 1. The average Bonchev–Trinajstić information content (AvgIpc) is 3.27. The summed E-state index contributed by atoms with van der Waals surface area (Å²) in [6.45, 7) is 2.07. The molecular formula is C26H27FN2O2. The molecule has 1 aliphatic rings. The molecule has 0 spiro atoms. The number of hydrogen-bond donors (Lipinski definition) is 1. The number of hydrogen-bond acceptors (Lipinski definition) is 3. The van der Waals surface area contributed by atoms with Crippen molar-refractivity contribution >= 4 is 5.91 Å². The number of halogens is 1. The van der Waals surface area contributed by atoms with Gasteiger partial charge < -0.3 is 10.1 Å². The molecule has 5 heteroatoms. The highest BCUT2D eigenvalue weighted by molar-refractivity contribution is 5.82. The number of likely N-dealkylation sites (tertiary alicyclic amines) is 1. The summed E-state index contributed by atoms with van der Waals surface area (Å²) in [6.07, 6.45) is 1.87. The fourth-order valence-electron chi connectivity index (χ4n) is 4.06. The van der Waals surface area contributed by atoms with Crippen molar-refractivity contribution in [2.75, 3.05) is 13.7 Å². The summed E-state index contributed by atoms with van der Waals surface area (Å²) in [5.41, 5.74) is 4.33. The van der Waals surface area contributed by atoms with E-state index < -0.39 is 0 Å². The van der Waals surface area contributed by atoms with Crippen LogP contribution in [0.15, 0.2) is 72.8 Å². The zero-order valence-corrected chi connectivity index (χ0v) is 17.7. The SMILES string of the molecule is COc1cccc(-c2ccc(CN3CCCC3C(=O)NCc3ccc(F)cc3)cc2)c1. The third kappa shape index (κ3) is 5.30. The summed E-state index contributed by atoms with van der Waals surface area (Å²) in [7, 11) is 1.67. The summed E-state index contributed by atoms with van der Waals surface area (Å²) in [4.78, 5) is 15.0. The molecule has 1 saturated heterocycles. The van der Waals surface area contributed by atoms with Gasteiger partial charge in [0.2, 0.25) is 5.91 Å². The highest BCUT2D eigenvalue weighted by Gasteiger charge is 2.30. The Kier molecular flexibility index (Phi) is 6.63. The summed E-state index contributed by atoms with van der Waals surface area (Å²) in [6, 6.07) is 22.6. The van der Waals surface area contributed by atoms with Crippen LogP contribution in [0, 0.1) is 5.82 Å². The number of methoxy groups -OCH3 is 1. The molecule has 3 aromatic rings. The second kappa shape index (κ2) is 9.75. The fourth-order valence-corrected chi connectivity index (χ4v) is 4.06. The van der Waals surface area contributed by atoms with Gasteiger partial charge in [-0.15, -0.1) is 0 Å². The van der Waals surface area contributed by atoms with Crippen LogP contribution >= 0.6 is 0 Å². The lowest BCUT2D eigenvalue weighted by Crippen LogP contribution is -2.42. The Labute approximate surface area is 182 Å². The van der Waals surface area contributed by atoms with E-state index in [0.29, 0.717) is 6.54 Å². The third-order valence-corrected chi connectivity index (χ3v) is 5.79. The molecule has 1 heterocycles. The molecule has 1 fully saturated rings. The first-order chi connectivity index (χ1) is 15.1. The van der Waals surface area contributed by atoms with Crippen LogP contribution in [0.1, 0.15) is 24.0 Å². The van der Waals surface area contributed by atoms with E-state index in [4.69, 9.17) is 4.74 Å². The van der Waals surface area contributed by atoms with Gasteiger partial charge in [-0.3, -0.25) is 9.69 Å². The second-order valence-corrected chi connectivity index (χ2v) is 7.90. The van der Waals surface area contributed by atoms with Gasteiger partial charge in [0.15, 0.2) is 0 Å². The van der Waals surface area contributed by atoms with Crippen LogP contribution in [0.4, 0.5) is 4.39 Å². The molecule has 31 heavy (non-hydrogen) atoms. The standard InChI is InChI=1S/C26H27FN2O2/c1-31-24-5-2-4-22(16-24)21-11-7-20(8-12-21)18-29-15-3-6-25(29)26(30)28-17-19-9-13-23(27)14-10-19/h2,4-5,7-14,16,25H,3,6,15,17-18H2,1H3,(H,28,30). The number of benzene rings is 3. The van der Waals surface area contributed by atoms with Crippen molar-refractivity contribution in [3.05, 3.63) is 89.7 Å². The maximum Gasteiger partial charge on any atom is 0.237 e. The Balaban J connectivity index is 1.36. The first kappa shape index (κ1) is 21.1. The smallest absolute Gasteiger partial charge is 0.237 e. The quantitative estimate of drug-likeness (QED) is 0.600. The molecule has 0 saturated carbocycles. The summed E-state index contributed by atoms with van der Waals surface area (Å²) in [5.74, 6) is 0.609.